The number of hydrogen-bond acceptors (Lipinski definition) is 4. The summed E-state index contributed by atoms with van der Waals surface area (Å²) in [6.07, 6.45) is -3.59. The highest BCUT2D eigenvalue weighted by molar-refractivity contribution is 9.10. The van der Waals surface area contributed by atoms with Crippen LogP contribution < -0.4 is 15.2 Å². The number of halogens is 5. The van der Waals surface area contributed by atoms with Crippen LogP contribution in [0.25, 0.3) is 0 Å². The third kappa shape index (κ3) is 7.14. The van der Waals surface area contributed by atoms with E-state index in [0.717, 1.165) is 18.2 Å². The van der Waals surface area contributed by atoms with E-state index in [9.17, 15) is 21.6 Å². The van der Waals surface area contributed by atoms with Crippen LogP contribution in [-0.2, 0) is 10.0 Å². The van der Waals surface area contributed by atoms with Crippen LogP contribution in [0.15, 0.2) is 27.6 Å². The summed E-state index contributed by atoms with van der Waals surface area (Å²) in [5, 5.41) is 0. The Morgan fingerprint density at radius 2 is 1.91 bits per heavy atom. The maximum Gasteiger partial charge on any atom is 0.573 e. The summed E-state index contributed by atoms with van der Waals surface area (Å²) < 4.78 is 66.2. The van der Waals surface area contributed by atoms with Crippen molar-refractivity contribution in [2.24, 2.45) is 5.73 Å². The van der Waals surface area contributed by atoms with Crippen molar-refractivity contribution in [1.82, 2.24) is 4.72 Å². The van der Waals surface area contributed by atoms with Crippen LogP contribution in [0.2, 0.25) is 0 Å². The highest BCUT2D eigenvalue weighted by atomic mass is 79.9. The number of ether oxygens (including phenoxy) is 1. The molecule has 0 radical (unpaired) electrons. The molecule has 0 aromatic heterocycles. The van der Waals surface area contributed by atoms with Gasteiger partial charge in [-0.2, -0.15) is 0 Å². The van der Waals surface area contributed by atoms with Gasteiger partial charge >= 0.3 is 6.36 Å². The molecule has 0 aliphatic heterocycles. The first-order chi connectivity index (χ1) is 9.65. The third-order valence-electron chi connectivity index (χ3n) is 2.35. The van der Waals surface area contributed by atoms with Crippen molar-refractivity contribution in [2.75, 3.05) is 13.1 Å². The monoisotopic (exact) mass is 426 g/mol. The molecule has 0 fully saturated rings. The van der Waals surface area contributed by atoms with Gasteiger partial charge in [-0.25, -0.2) is 13.1 Å². The number of rotatable bonds is 7. The molecule has 0 spiro atoms. The standard InChI is InChI=1S/C11H14BrF3N2O3S.ClH/c12-9-7-8(20-11(13,14)15)3-4-10(9)21(18,19)17-6-2-1-5-16;/h3-4,7,17H,1-2,5-6,16H2;1H. The van der Waals surface area contributed by atoms with Crippen molar-refractivity contribution in [3.63, 3.8) is 0 Å². The highest BCUT2D eigenvalue weighted by Crippen LogP contribution is 2.29. The Bertz CT molecular complexity index is 584. The molecule has 3 N–H and O–H groups in total. The van der Waals surface area contributed by atoms with Crippen LogP contribution in [-0.4, -0.2) is 27.9 Å². The zero-order valence-corrected chi connectivity index (χ0v) is 14.4. The van der Waals surface area contributed by atoms with Crippen molar-refractivity contribution in [3.05, 3.63) is 22.7 Å². The van der Waals surface area contributed by atoms with Crippen LogP contribution in [0.1, 0.15) is 12.8 Å². The number of benzene rings is 1. The Labute approximate surface area is 141 Å². The van der Waals surface area contributed by atoms with Crippen LogP contribution in [0.4, 0.5) is 13.2 Å². The van der Waals surface area contributed by atoms with Crippen LogP contribution in [0, 0.1) is 0 Å². The number of sulfonamides is 1. The fraction of sp³-hybridized carbons (Fsp3) is 0.455. The molecule has 0 amide bonds. The molecule has 0 aliphatic rings. The largest absolute Gasteiger partial charge is 0.573 e. The Kier molecular flexibility index (Phi) is 8.70. The predicted octanol–water partition coefficient (Wildman–Crippen LogP) is 2.79. The van der Waals surface area contributed by atoms with Gasteiger partial charge in [-0.1, -0.05) is 0 Å². The summed E-state index contributed by atoms with van der Waals surface area (Å²) in [6.45, 7) is 0.654. The quantitative estimate of drug-likeness (QED) is 0.656. The van der Waals surface area contributed by atoms with Gasteiger partial charge in [0.1, 0.15) is 5.75 Å². The third-order valence-corrected chi connectivity index (χ3v) is 4.79. The minimum Gasteiger partial charge on any atom is -0.406 e. The smallest absolute Gasteiger partial charge is 0.406 e. The van der Waals surface area contributed by atoms with Crippen molar-refractivity contribution in [3.8, 4) is 5.75 Å². The van der Waals surface area contributed by atoms with E-state index in [0.29, 0.717) is 19.4 Å². The van der Waals surface area contributed by atoms with Gasteiger partial charge in [0.2, 0.25) is 10.0 Å². The van der Waals surface area contributed by atoms with E-state index in [2.05, 4.69) is 25.4 Å². The summed E-state index contributed by atoms with van der Waals surface area (Å²) in [7, 11) is -3.81. The molecule has 0 unspecified atom stereocenters. The lowest BCUT2D eigenvalue weighted by atomic mass is 10.3. The molecule has 0 saturated carbocycles. The summed E-state index contributed by atoms with van der Waals surface area (Å²) in [4.78, 5) is -0.162. The van der Waals surface area contributed by atoms with Crippen molar-refractivity contribution in [1.29, 1.82) is 0 Å². The van der Waals surface area contributed by atoms with Gasteiger partial charge in [-0.15, -0.1) is 25.6 Å². The van der Waals surface area contributed by atoms with Crippen molar-refractivity contribution < 1.29 is 26.3 Å². The van der Waals surface area contributed by atoms with Gasteiger partial charge in [0.15, 0.2) is 0 Å². The number of unbranched alkanes of at least 4 members (excludes halogenated alkanes) is 1. The lowest BCUT2D eigenvalue weighted by Gasteiger charge is -2.12. The molecular weight excluding hydrogens is 413 g/mol. The van der Waals surface area contributed by atoms with E-state index in [4.69, 9.17) is 5.73 Å². The molecule has 22 heavy (non-hydrogen) atoms. The minimum atomic E-state index is -4.83. The van der Waals surface area contributed by atoms with E-state index in [1.807, 2.05) is 0 Å². The maximum absolute atomic E-state index is 12.1. The van der Waals surface area contributed by atoms with Gasteiger partial charge < -0.3 is 10.5 Å². The number of hydrogen-bond donors (Lipinski definition) is 2. The second-order valence-electron chi connectivity index (χ2n) is 4.03. The lowest BCUT2D eigenvalue weighted by molar-refractivity contribution is -0.274. The SMILES string of the molecule is Cl.NCCCCNS(=O)(=O)c1ccc(OC(F)(F)F)cc1Br. The highest BCUT2D eigenvalue weighted by Gasteiger charge is 2.31. The minimum absolute atomic E-state index is 0. The van der Waals surface area contributed by atoms with Crippen molar-refractivity contribution >= 4 is 38.4 Å². The predicted molar refractivity (Wildman–Crippen MR) is 81.5 cm³/mol. The first-order valence-electron chi connectivity index (χ1n) is 5.91. The van der Waals surface area contributed by atoms with E-state index in [1.165, 1.54) is 0 Å². The summed E-state index contributed by atoms with van der Waals surface area (Å²) >= 11 is 2.93. The molecule has 128 valence electrons. The fourth-order valence-corrected chi connectivity index (χ4v) is 3.58. The van der Waals surface area contributed by atoms with E-state index >= 15 is 0 Å². The molecule has 0 saturated heterocycles. The first-order valence-corrected chi connectivity index (χ1v) is 8.18. The summed E-state index contributed by atoms with van der Waals surface area (Å²) in [6, 6.07) is 2.92. The van der Waals surface area contributed by atoms with Gasteiger partial charge in [-0.05, 0) is 53.5 Å². The molecule has 0 atom stereocenters. The molecular formula is C11H15BrClF3N2O3S. The fourth-order valence-electron chi connectivity index (χ4n) is 1.45. The maximum atomic E-state index is 12.1. The summed E-state index contributed by atoms with van der Waals surface area (Å²) in [5.41, 5.74) is 5.29. The first kappa shape index (κ1) is 21.4. The van der Waals surface area contributed by atoms with Gasteiger partial charge in [0.25, 0.3) is 0 Å². The molecule has 0 bridgehead atoms. The van der Waals surface area contributed by atoms with Crippen LogP contribution in [0.5, 0.6) is 5.75 Å². The average Bonchev–Trinajstić information content (AvgIpc) is 2.32. The Hall–Kier alpha value is -0.550. The zero-order valence-electron chi connectivity index (χ0n) is 11.2. The molecule has 1 rings (SSSR count). The second kappa shape index (κ2) is 8.92. The van der Waals surface area contributed by atoms with Crippen LogP contribution >= 0.6 is 28.3 Å². The Morgan fingerprint density at radius 3 is 2.41 bits per heavy atom. The number of nitrogens with one attached hydrogen (secondary N) is 1. The topological polar surface area (TPSA) is 81.4 Å². The number of nitrogens with two attached hydrogens (primary N) is 1. The number of alkyl halides is 3. The molecule has 0 heterocycles. The van der Waals surface area contributed by atoms with E-state index in [-0.39, 0.29) is 28.3 Å². The second-order valence-corrected chi connectivity index (χ2v) is 6.62. The molecule has 1 aromatic rings. The van der Waals surface area contributed by atoms with Crippen LogP contribution in [0.3, 0.4) is 0 Å². The molecule has 0 aliphatic carbocycles. The van der Waals surface area contributed by atoms with Gasteiger partial charge in [-0.3, -0.25) is 0 Å². The molecule has 1 aromatic carbocycles. The van der Waals surface area contributed by atoms with Gasteiger partial charge in [0.05, 0.1) is 4.90 Å². The zero-order chi connectivity index (χ0) is 16.1. The lowest BCUT2D eigenvalue weighted by Crippen LogP contribution is -2.25. The Morgan fingerprint density at radius 1 is 1.27 bits per heavy atom. The molecule has 5 nitrogen and oxygen atoms in total. The van der Waals surface area contributed by atoms with E-state index < -0.39 is 22.1 Å². The molecule has 11 heteroatoms. The van der Waals surface area contributed by atoms with Crippen molar-refractivity contribution in [2.45, 2.75) is 24.1 Å². The Balaban J connectivity index is 0.00000441. The normalized spacial score (nSPS) is 11.9. The average molecular weight is 428 g/mol. The summed E-state index contributed by atoms with van der Waals surface area (Å²) in [5.74, 6) is -0.503. The van der Waals surface area contributed by atoms with Gasteiger partial charge in [0, 0.05) is 11.0 Å². The van der Waals surface area contributed by atoms with E-state index in [1.54, 1.807) is 0 Å².